The van der Waals surface area contributed by atoms with Gasteiger partial charge in [0.05, 0.1) is 5.56 Å². The number of carbonyl (C=O) groups is 2. The number of rotatable bonds is 5. The molecule has 158 valence electrons. The number of aromatic nitrogens is 3. The molecule has 2 atom stereocenters. The Balaban J connectivity index is 1.65. The van der Waals surface area contributed by atoms with Gasteiger partial charge in [-0.3, -0.25) is 4.79 Å². The first-order chi connectivity index (χ1) is 14.2. The van der Waals surface area contributed by atoms with Gasteiger partial charge >= 0.3 is 12.1 Å². The molecule has 0 spiro atoms. The molecule has 1 aliphatic heterocycles. The summed E-state index contributed by atoms with van der Waals surface area (Å²) in [5.41, 5.74) is -0.448. The quantitative estimate of drug-likeness (QED) is 0.688. The first-order valence-corrected chi connectivity index (χ1v) is 9.15. The predicted molar refractivity (Wildman–Crippen MR) is 95.4 cm³/mol. The van der Waals surface area contributed by atoms with Crippen LogP contribution < -0.4 is 0 Å². The van der Waals surface area contributed by atoms with E-state index in [2.05, 4.69) is 10.1 Å². The molecule has 1 amide bonds. The van der Waals surface area contributed by atoms with Gasteiger partial charge in [0.15, 0.2) is 6.10 Å². The number of likely N-dealkylation sites (tertiary alicyclic amines) is 1. The lowest BCUT2D eigenvalue weighted by molar-refractivity contribution is -0.166. The van der Waals surface area contributed by atoms with Gasteiger partial charge < -0.3 is 9.64 Å². The Hall–Kier alpha value is -3.42. The molecule has 0 N–H and O–H groups in total. The summed E-state index contributed by atoms with van der Waals surface area (Å²) in [6.45, 7) is 1.83. The molecule has 2 unspecified atom stereocenters. The lowest BCUT2D eigenvalue weighted by Gasteiger charge is -2.32. The van der Waals surface area contributed by atoms with Crippen LogP contribution in [0.15, 0.2) is 30.6 Å². The topological polar surface area (TPSA) is 101 Å². The van der Waals surface area contributed by atoms with E-state index in [1.54, 1.807) is 6.07 Å². The minimum atomic E-state index is -4.47. The second-order valence-corrected chi connectivity index (χ2v) is 6.86. The number of amides is 1. The maximum absolute atomic E-state index is 12.9. The van der Waals surface area contributed by atoms with Gasteiger partial charge in [0, 0.05) is 13.1 Å². The fourth-order valence-electron chi connectivity index (χ4n) is 3.10. The van der Waals surface area contributed by atoms with Crippen LogP contribution in [0.2, 0.25) is 0 Å². The average molecular weight is 421 g/mol. The van der Waals surface area contributed by atoms with Crippen molar-refractivity contribution in [3.05, 3.63) is 47.5 Å². The molecule has 3 rings (SSSR count). The largest absolute Gasteiger partial charge is 0.451 e. The van der Waals surface area contributed by atoms with Crippen LogP contribution in [0.25, 0.3) is 0 Å². The number of nitriles is 1. The van der Waals surface area contributed by atoms with Gasteiger partial charge in [0.25, 0.3) is 11.7 Å². The Bertz CT molecular complexity index is 982. The van der Waals surface area contributed by atoms with Crippen molar-refractivity contribution in [1.29, 1.82) is 5.26 Å². The lowest BCUT2D eigenvalue weighted by atomic mass is 10.0. The van der Waals surface area contributed by atoms with E-state index in [0.29, 0.717) is 24.9 Å². The smallest absolute Gasteiger partial charge is 0.416 e. The summed E-state index contributed by atoms with van der Waals surface area (Å²) in [5.74, 6) is -1.28. The standard InChI is InChI=1S/C19H18F3N5O3/c1-12(27-11-24-16(9-23)25-27)18(29)30-15-6-3-7-26(17(15)28)10-13-4-2-5-14(8-13)19(20,21)22/h2,4-5,8,11-12,15H,3,6-7,10H2,1H3. The monoisotopic (exact) mass is 421 g/mol. The molecule has 2 heterocycles. The Morgan fingerprint density at radius 3 is 2.87 bits per heavy atom. The first-order valence-electron chi connectivity index (χ1n) is 9.15. The van der Waals surface area contributed by atoms with Crippen LogP contribution in [0.1, 0.15) is 42.8 Å². The van der Waals surface area contributed by atoms with Crippen LogP contribution in [-0.2, 0) is 27.0 Å². The number of esters is 1. The van der Waals surface area contributed by atoms with Crippen LogP contribution in [0.5, 0.6) is 0 Å². The first kappa shape index (κ1) is 21.3. The molecule has 1 aliphatic rings. The van der Waals surface area contributed by atoms with Gasteiger partial charge in [-0.05, 0) is 37.5 Å². The molecule has 0 saturated carbocycles. The normalized spacial score (nSPS) is 18.0. The highest BCUT2D eigenvalue weighted by Crippen LogP contribution is 2.30. The Morgan fingerprint density at radius 1 is 1.43 bits per heavy atom. The van der Waals surface area contributed by atoms with Crippen LogP contribution in [-0.4, -0.2) is 44.2 Å². The molecule has 1 aromatic carbocycles. The predicted octanol–water partition coefficient (Wildman–Crippen LogP) is 2.46. The van der Waals surface area contributed by atoms with E-state index in [0.717, 1.165) is 16.8 Å². The third kappa shape index (κ3) is 4.76. The number of nitrogens with zero attached hydrogens (tertiary/aromatic N) is 5. The molecule has 0 bridgehead atoms. The molecule has 1 saturated heterocycles. The molecular formula is C19H18F3N5O3. The number of halogens is 3. The minimum Gasteiger partial charge on any atom is -0.451 e. The van der Waals surface area contributed by atoms with Gasteiger partial charge in [-0.1, -0.05) is 12.1 Å². The highest BCUT2D eigenvalue weighted by atomic mass is 19.4. The summed E-state index contributed by atoms with van der Waals surface area (Å²) in [5, 5.41) is 12.6. The van der Waals surface area contributed by atoms with Crippen molar-refractivity contribution < 1.29 is 27.5 Å². The zero-order valence-corrected chi connectivity index (χ0v) is 16.0. The highest BCUT2D eigenvalue weighted by molar-refractivity contribution is 5.85. The van der Waals surface area contributed by atoms with Crippen LogP contribution in [0.3, 0.4) is 0 Å². The summed E-state index contributed by atoms with van der Waals surface area (Å²) in [6, 6.07) is 5.62. The molecule has 11 heteroatoms. The molecule has 8 nitrogen and oxygen atoms in total. The minimum absolute atomic E-state index is 0.0129. The lowest BCUT2D eigenvalue weighted by Crippen LogP contribution is -2.46. The summed E-state index contributed by atoms with van der Waals surface area (Å²) < 4.78 is 45.2. The highest BCUT2D eigenvalue weighted by Gasteiger charge is 2.34. The zero-order chi connectivity index (χ0) is 21.9. The number of benzene rings is 1. The van der Waals surface area contributed by atoms with Crippen molar-refractivity contribution in [3.8, 4) is 6.07 Å². The average Bonchev–Trinajstić information content (AvgIpc) is 3.19. The third-order valence-electron chi connectivity index (χ3n) is 4.71. The fourth-order valence-corrected chi connectivity index (χ4v) is 3.10. The summed E-state index contributed by atoms with van der Waals surface area (Å²) >= 11 is 0. The zero-order valence-electron chi connectivity index (χ0n) is 16.0. The number of carbonyl (C=O) groups excluding carboxylic acids is 2. The Morgan fingerprint density at radius 2 is 2.20 bits per heavy atom. The van der Waals surface area contributed by atoms with Gasteiger partial charge in [0.1, 0.15) is 18.4 Å². The van der Waals surface area contributed by atoms with Gasteiger partial charge in [-0.15, -0.1) is 5.10 Å². The molecule has 2 aromatic rings. The van der Waals surface area contributed by atoms with E-state index in [9.17, 15) is 22.8 Å². The molecule has 1 aromatic heterocycles. The number of alkyl halides is 3. The second-order valence-electron chi connectivity index (χ2n) is 6.86. The Labute approximate surface area is 169 Å². The van der Waals surface area contributed by atoms with Crippen molar-refractivity contribution in [2.75, 3.05) is 6.54 Å². The third-order valence-corrected chi connectivity index (χ3v) is 4.71. The van der Waals surface area contributed by atoms with Crippen LogP contribution in [0, 0.1) is 11.3 Å². The van der Waals surface area contributed by atoms with E-state index in [1.807, 2.05) is 0 Å². The number of hydrogen-bond donors (Lipinski definition) is 0. The number of ether oxygens (including phenoxy) is 1. The van der Waals surface area contributed by atoms with E-state index in [4.69, 9.17) is 10.00 Å². The van der Waals surface area contributed by atoms with Crippen molar-refractivity contribution in [1.82, 2.24) is 19.7 Å². The maximum atomic E-state index is 12.9. The van der Waals surface area contributed by atoms with Crippen molar-refractivity contribution in [3.63, 3.8) is 0 Å². The van der Waals surface area contributed by atoms with Crippen LogP contribution in [0.4, 0.5) is 13.2 Å². The fraction of sp³-hybridized carbons (Fsp3) is 0.421. The molecular weight excluding hydrogens is 403 g/mol. The van der Waals surface area contributed by atoms with Gasteiger partial charge in [-0.2, -0.15) is 18.4 Å². The molecule has 1 fully saturated rings. The maximum Gasteiger partial charge on any atom is 0.416 e. The van der Waals surface area contributed by atoms with E-state index < -0.39 is 35.8 Å². The van der Waals surface area contributed by atoms with Crippen molar-refractivity contribution in [2.45, 2.75) is 44.6 Å². The van der Waals surface area contributed by atoms with Crippen molar-refractivity contribution in [2.24, 2.45) is 0 Å². The van der Waals surface area contributed by atoms with E-state index in [1.165, 1.54) is 30.3 Å². The number of piperidine rings is 1. The summed E-state index contributed by atoms with van der Waals surface area (Å²) in [4.78, 5) is 30.2. The SMILES string of the molecule is CC(C(=O)OC1CCCN(Cc2cccc(C(F)(F)F)c2)C1=O)n1cnc(C#N)n1. The number of hydrogen-bond acceptors (Lipinski definition) is 6. The van der Waals surface area contributed by atoms with Gasteiger partial charge in [0.2, 0.25) is 0 Å². The van der Waals surface area contributed by atoms with Gasteiger partial charge in [-0.25, -0.2) is 14.5 Å². The van der Waals surface area contributed by atoms with E-state index >= 15 is 0 Å². The van der Waals surface area contributed by atoms with Crippen LogP contribution >= 0.6 is 0 Å². The molecule has 30 heavy (non-hydrogen) atoms. The Kier molecular flexibility index (Phi) is 6.05. The molecule has 0 aliphatic carbocycles. The second kappa shape index (κ2) is 8.52. The summed E-state index contributed by atoms with van der Waals surface area (Å²) in [6.07, 6.45) is -3.43. The van der Waals surface area contributed by atoms with Crippen molar-refractivity contribution >= 4 is 11.9 Å². The molecule has 0 radical (unpaired) electrons. The van der Waals surface area contributed by atoms with E-state index in [-0.39, 0.29) is 12.4 Å². The summed E-state index contributed by atoms with van der Waals surface area (Å²) in [7, 11) is 0.